The molecule has 90 valence electrons. The standard InChI is InChI=1S/C13H17N3O/c1-16-10-12(8-15-16)13(17)9-14-7-11-5-3-2-4-6-11/h2-6,8,10,13-14,17H,7,9H2,1H3. The predicted octanol–water partition coefficient (Wildman–Crippen LogP) is 1.24. The van der Waals surface area contributed by atoms with Crippen LogP contribution in [0.3, 0.4) is 0 Å². The highest BCUT2D eigenvalue weighted by molar-refractivity contribution is 5.14. The van der Waals surface area contributed by atoms with E-state index < -0.39 is 6.10 Å². The zero-order valence-corrected chi connectivity index (χ0v) is 9.87. The van der Waals surface area contributed by atoms with Gasteiger partial charge in [0.2, 0.25) is 0 Å². The van der Waals surface area contributed by atoms with E-state index in [0.717, 1.165) is 12.1 Å². The maximum absolute atomic E-state index is 9.90. The fraction of sp³-hybridized carbons (Fsp3) is 0.308. The molecule has 0 bridgehead atoms. The number of aromatic nitrogens is 2. The van der Waals surface area contributed by atoms with Gasteiger partial charge in [0.15, 0.2) is 0 Å². The first-order valence-corrected chi connectivity index (χ1v) is 5.67. The van der Waals surface area contributed by atoms with Gasteiger partial charge in [0, 0.05) is 31.9 Å². The van der Waals surface area contributed by atoms with E-state index in [1.165, 1.54) is 5.56 Å². The van der Waals surface area contributed by atoms with Crippen LogP contribution in [0.2, 0.25) is 0 Å². The van der Waals surface area contributed by atoms with Crippen LogP contribution in [-0.2, 0) is 13.6 Å². The highest BCUT2D eigenvalue weighted by Gasteiger charge is 2.08. The second kappa shape index (κ2) is 5.61. The van der Waals surface area contributed by atoms with E-state index >= 15 is 0 Å². The molecule has 4 heteroatoms. The molecule has 0 saturated carbocycles. The van der Waals surface area contributed by atoms with Crippen LogP contribution in [0.15, 0.2) is 42.7 Å². The molecule has 2 N–H and O–H groups in total. The maximum atomic E-state index is 9.90. The van der Waals surface area contributed by atoms with Crippen molar-refractivity contribution in [2.24, 2.45) is 7.05 Å². The van der Waals surface area contributed by atoms with Gasteiger partial charge in [-0.05, 0) is 5.56 Å². The van der Waals surface area contributed by atoms with E-state index in [1.54, 1.807) is 10.9 Å². The zero-order valence-electron chi connectivity index (χ0n) is 9.87. The lowest BCUT2D eigenvalue weighted by Gasteiger charge is -2.09. The molecular formula is C13H17N3O. The van der Waals surface area contributed by atoms with Crippen molar-refractivity contribution < 1.29 is 5.11 Å². The van der Waals surface area contributed by atoms with Crippen LogP contribution < -0.4 is 5.32 Å². The summed E-state index contributed by atoms with van der Waals surface area (Å²) >= 11 is 0. The topological polar surface area (TPSA) is 50.1 Å². The molecule has 1 aromatic carbocycles. The van der Waals surface area contributed by atoms with Gasteiger partial charge in [-0.2, -0.15) is 5.10 Å². The van der Waals surface area contributed by atoms with Gasteiger partial charge in [-0.15, -0.1) is 0 Å². The summed E-state index contributed by atoms with van der Waals surface area (Å²) in [6, 6.07) is 10.1. The lowest BCUT2D eigenvalue weighted by atomic mass is 10.2. The summed E-state index contributed by atoms with van der Waals surface area (Å²) in [7, 11) is 1.84. The van der Waals surface area contributed by atoms with Crippen LogP contribution in [0.5, 0.6) is 0 Å². The van der Waals surface area contributed by atoms with Gasteiger partial charge in [-0.25, -0.2) is 0 Å². The van der Waals surface area contributed by atoms with Crippen molar-refractivity contribution in [2.75, 3.05) is 6.54 Å². The van der Waals surface area contributed by atoms with Gasteiger partial charge >= 0.3 is 0 Å². The van der Waals surface area contributed by atoms with Gasteiger partial charge in [-0.3, -0.25) is 4.68 Å². The summed E-state index contributed by atoms with van der Waals surface area (Å²) in [5, 5.41) is 17.2. The Balaban J connectivity index is 1.79. The molecule has 1 heterocycles. The summed E-state index contributed by atoms with van der Waals surface area (Å²) in [4.78, 5) is 0. The summed E-state index contributed by atoms with van der Waals surface area (Å²) in [6.07, 6.45) is 3.01. The zero-order chi connectivity index (χ0) is 12.1. The number of hydrogen-bond donors (Lipinski definition) is 2. The van der Waals surface area contributed by atoms with E-state index in [1.807, 2.05) is 31.4 Å². The molecule has 0 fully saturated rings. The minimum atomic E-state index is -0.507. The smallest absolute Gasteiger partial charge is 0.0944 e. The minimum Gasteiger partial charge on any atom is -0.387 e. The second-order valence-electron chi connectivity index (χ2n) is 4.08. The van der Waals surface area contributed by atoms with Crippen molar-refractivity contribution in [1.29, 1.82) is 0 Å². The number of nitrogens with one attached hydrogen (secondary N) is 1. The fourth-order valence-electron chi connectivity index (χ4n) is 1.68. The number of rotatable bonds is 5. The summed E-state index contributed by atoms with van der Waals surface area (Å²) in [5.74, 6) is 0. The Morgan fingerprint density at radius 1 is 1.35 bits per heavy atom. The number of aryl methyl sites for hydroxylation is 1. The average Bonchev–Trinajstić information content (AvgIpc) is 2.77. The molecule has 0 radical (unpaired) electrons. The van der Waals surface area contributed by atoms with Crippen molar-refractivity contribution in [3.63, 3.8) is 0 Å². The number of aliphatic hydroxyl groups is 1. The van der Waals surface area contributed by atoms with Crippen LogP contribution >= 0.6 is 0 Å². The van der Waals surface area contributed by atoms with E-state index in [2.05, 4.69) is 22.5 Å². The minimum absolute atomic E-state index is 0.507. The molecule has 0 aliphatic heterocycles. The average molecular weight is 231 g/mol. The molecule has 17 heavy (non-hydrogen) atoms. The molecule has 0 spiro atoms. The van der Waals surface area contributed by atoms with Crippen LogP contribution in [0, 0.1) is 0 Å². The van der Waals surface area contributed by atoms with Crippen LogP contribution in [0.1, 0.15) is 17.2 Å². The van der Waals surface area contributed by atoms with Crippen molar-refractivity contribution in [2.45, 2.75) is 12.6 Å². The number of hydrogen-bond acceptors (Lipinski definition) is 3. The van der Waals surface area contributed by atoms with E-state index in [4.69, 9.17) is 0 Å². The molecular weight excluding hydrogens is 214 g/mol. The van der Waals surface area contributed by atoms with Crippen molar-refractivity contribution in [1.82, 2.24) is 15.1 Å². The molecule has 0 aliphatic rings. The lowest BCUT2D eigenvalue weighted by molar-refractivity contribution is 0.174. The Bertz CT molecular complexity index is 453. The molecule has 0 aliphatic carbocycles. The quantitative estimate of drug-likeness (QED) is 0.814. The number of aliphatic hydroxyl groups excluding tert-OH is 1. The van der Waals surface area contributed by atoms with Crippen LogP contribution in [0.25, 0.3) is 0 Å². The van der Waals surface area contributed by atoms with Crippen LogP contribution in [0.4, 0.5) is 0 Å². The highest BCUT2D eigenvalue weighted by Crippen LogP contribution is 2.09. The Morgan fingerprint density at radius 2 is 2.12 bits per heavy atom. The Kier molecular flexibility index (Phi) is 3.90. The first-order valence-electron chi connectivity index (χ1n) is 5.67. The normalized spacial score (nSPS) is 12.6. The number of benzene rings is 1. The van der Waals surface area contributed by atoms with Crippen LogP contribution in [-0.4, -0.2) is 21.4 Å². The SMILES string of the molecule is Cn1cc(C(O)CNCc2ccccc2)cn1. The monoisotopic (exact) mass is 231 g/mol. The Hall–Kier alpha value is -1.65. The largest absolute Gasteiger partial charge is 0.387 e. The Labute approximate surface area is 101 Å². The van der Waals surface area contributed by atoms with Crippen molar-refractivity contribution in [3.05, 3.63) is 53.9 Å². The maximum Gasteiger partial charge on any atom is 0.0944 e. The summed E-state index contributed by atoms with van der Waals surface area (Å²) in [5.41, 5.74) is 2.05. The third-order valence-corrected chi connectivity index (χ3v) is 2.62. The van der Waals surface area contributed by atoms with E-state index in [9.17, 15) is 5.11 Å². The van der Waals surface area contributed by atoms with Gasteiger partial charge in [0.05, 0.1) is 12.3 Å². The molecule has 2 rings (SSSR count). The molecule has 1 unspecified atom stereocenters. The summed E-state index contributed by atoms with van der Waals surface area (Å²) in [6.45, 7) is 1.29. The van der Waals surface area contributed by atoms with Gasteiger partial charge in [-0.1, -0.05) is 30.3 Å². The van der Waals surface area contributed by atoms with E-state index in [-0.39, 0.29) is 0 Å². The van der Waals surface area contributed by atoms with Crippen molar-refractivity contribution >= 4 is 0 Å². The molecule has 4 nitrogen and oxygen atoms in total. The predicted molar refractivity (Wildman–Crippen MR) is 66.3 cm³/mol. The third-order valence-electron chi connectivity index (χ3n) is 2.62. The Morgan fingerprint density at radius 3 is 2.76 bits per heavy atom. The van der Waals surface area contributed by atoms with Gasteiger partial charge in [0.1, 0.15) is 0 Å². The lowest BCUT2D eigenvalue weighted by Crippen LogP contribution is -2.20. The highest BCUT2D eigenvalue weighted by atomic mass is 16.3. The third kappa shape index (κ3) is 3.41. The van der Waals surface area contributed by atoms with Gasteiger partial charge < -0.3 is 10.4 Å². The molecule has 0 amide bonds. The first-order chi connectivity index (χ1) is 8.25. The molecule has 1 atom stereocenters. The molecule has 1 aromatic heterocycles. The number of nitrogens with zero attached hydrogens (tertiary/aromatic N) is 2. The summed E-state index contributed by atoms with van der Waals surface area (Å²) < 4.78 is 1.69. The second-order valence-corrected chi connectivity index (χ2v) is 4.08. The fourth-order valence-corrected chi connectivity index (χ4v) is 1.68. The van der Waals surface area contributed by atoms with Gasteiger partial charge in [0.25, 0.3) is 0 Å². The molecule has 0 saturated heterocycles. The first kappa shape index (κ1) is 11.8. The van der Waals surface area contributed by atoms with Crippen molar-refractivity contribution in [3.8, 4) is 0 Å². The molecule has 2 aromatic rings. The van der Waals surface area contributed by atoms with E-state index in [0.29, 0.717) is 6.54 Å².